The molecule has 0 amide bonds. The van der Waals surface area contributed by atoms with Gasteiger partial charge < -0.3 is 9.47 Å². The number of carbonyl (C=O) groups is 1. The predicted octanol–water partition coefficient (Wildman–Crippen LogP) is 6.39. The topological polar surface area (TPSA) is 35.5 Å². The number of hydrogen-bond donors (Lipinski definition) is 0. The molecule has 0 aliphatic heterocycles. The third-order valence-electron chi connectivity index (χ3n) is 3.45. The van der Waals surface area contributed by atoms with Gasteiger partial charge in [-0.2, -0.15) is 0 Å². The van der Waals surface area contributed by atoms with Gasteiger partial charge in [0.2, 0.25) is 0 Å². The van der Waals surface area contributed by atoms with E-state index < -0.39 is 5.97 Å². The quantitative estimate of drug-likeness (QED) is 0.263. The summed E-state index contributed by atoms with van der Waals surface area (Å²) >= 11 is 6.80. The number of carbonyl (C=O) groups excluding carboxylic acids is 1. The largest absolute Gasteiger partial charge is 0.492 e. The Hall–Kier alpha value is -1.33. The molecular weight excluding hydrogens is 436 g/mol. The van der Waals surface area contributed by atoms with Crippen molar-refractivity contribution in [3.05, 3.63) is 57.0 Å². The monoisotopic (exact) mass is 454 g/mol. The molecule has 0 fully saturated rings. The van der Waals surface area contributed by atoms with Gasteiger partial charge in [-0.3, -0.25) is 0 Å². The van der Waals surface area contributed by atoms with Crippen LogP contribution in [0.15, 0.2) is 51.4 Å². The van der Waals surface area contributed by atoms with E-state index in [1.807, 2.05) is 12.1 Å². The van der Waals surface area contributed by atoms with Crippen LogP contribution in [-0.2, 0) is 0 Å². The van der Waals surface area contributed by atoms with Gasteiger partial charge in [-0.15, -0.1) is 0 Å². The molecule has 0 aromatic heterocycles. The van der Waals surface area contributed by atoms with Gasteiger partial charge in [0.15, 0.2) is 0 Å². The fourth-order valence-corrected chi connectivity index (χ4v) is 2.88. The highest BCUT2D eigenvalue weighted by molar-refractivity contribution is 9.10. The van der Waals surface area contributed by atoms with Crippen molar-refractivity contribution in [2.75, 3.05) is 6.61 Å². The van der Waals surface area contributed by atoms with E-state index in [9.17, 15) is 4.79 Å². The van der Waals surface area contributed by atoms with Crippen molar-refractivity contribution in [2.24, 2.45) is 0 Å². The number of ether oxygens (including phenoxy) is 2. The first kappa shape index (κ1) is 19.0. The number of rotatable bonds is 8. The number of benzene rings is 2. The molecule has 0 saturated carbocycles. The maximum atomic E-state index is 12.2. The fraction of sp³-hybridized carbons (Fsp3) is 0.316. The molecule has 128 valence electrons. The normalized spacial score (nSPS) is 10.5. The molecule has 0 aliphatic rings. The lowest BCUT2D eigenvalue weighted by Crippen LogP contribution is -2.08. The summed E-state index contributed by atoms with van der Waals surface area (Å²) < 4.78 is 12.8. The van der Waals surface area contributed by atoms with Gasteiger partial charge in [0.05, 0.1) is 16.6 Å². The van der Waals surface area contributed by atoms with Gasteiger partial charge in [-0.05, 0) is 64.8 Å². The Morgan fingerprint density at radius 2 is 1.75 bits per heavy atom. The van der Waals surface area contributed by atoms with Crippen LogP contribution in [0.2, 0.25) is 0 Å². The van der Waals surface area contributed by atoms with Crippen LogP contribution in [0.1, 0.15) is 43.0 Å². The van der Waals surface area contributed by atoms with Gasteiger partial charge in [0.25, 0.3) is 0 Å². The minimum absolute atomic E-state index is 0.396. The van der Waals surface area contributed by atoms with Gasteiger partial charge in [-0.1, -0.05) is 42.1 Å². The molecule has 5 heteroatoms. The summed E-state index contributed by atoms with van der Waals surface area (Å²) in [5.41, 5.74) is 0.475. The SMILES string of the molecule is CCCCCCOc1ccc(C(=O)Oc2ccc(Br)cc2)cc1Br. The molecule has 0 heterocycles. The first-order chi connectivity index (χ1) is 11.6. The smallest absolute Gasteiger partial charge is 0.343 e. The Bertz CT molecular complexity index is 669. The van der Waals surface area contributed by atoms with Gasteiger partial charge in [-0.25, -0.2) is 4.79 Å². The average molecular weight is 456 g/mol. The van der Waals surface area contributed by atoms with Crippen LogP contribution in [0.4, 0.5) is 0 Å². The van der Waals surface area contributed by atoms with Gasteiger partial charge in [0.1, 0.15) is 11.5 Å². The zero-order chi connectivity index (χ0) is 17.4. The molecule has 2 aromatic rings. The number of halogens is 2. The highest BCUT2D eigenvalue weighted by atomic mass is 79.9. The Morgan fingerprint density at radius 1 is 1.00 bits per heavy atom. The lowest BCUT2D eigenvalue weighted by molar-refractivity contribution is 0.0734. The minimum atomic E-state index is -0.396. The molecule has 0 unspecified atom stereocenters. The standard InChI is InChI=1S/C19H20Br2O3/c1-2-3-4-5-12-23-18-11-6-14(13-17(18)21)19(22)24-16-9-7-15(20)8-10-16/h6-11,13H,2-5,12H2,1H3. The number of hydrogen-bond acceptors (Lipinski definition) is 3. The highest BCUT2D eigenvalue weighted by Crippen LogP contribution is 2.27. The van der Waals surface area contributed by atoms with E-state index in [-0.39, 0.29) is 0 Å². The van der Waals surface area contributed by atoms with Gasteiger partial charge in [0, 0.05) is 4.47 Å². The maximum absolute atomic E-state index is 12.2. The Morgan fingerprint density at radius 3 is 2.42 bits per heavy atom. The Balaban J connectivity index is 1.92. The number of unbranched alkanes of at least 4 members (excludes halogenated alkanes) is 3. The zero-order valence-corrected chi connectivity index (χ0v) is 16.7. The van der Waals surface area contributed by atoms with Crippen LogP contribution < -0.4 is 9.47 Å². The zero-order valence-electron chi connectivity index (χ0n) is 13.6. The van der Waals surface area contributed by atoms with E-state index >= 15 is 0 Å². The van der Waals surface area contributed by atoms with Crippen LogP contribution in [-0.4, -0.2) is 12.6 Å². The molecule has 2 rings (SSSR count). The first-order valence-corrected chi connectivity index (χ1v) is 9.59. The molecule has 3 nitrogen and oxygen atoms in total. The lowest BCUT2D eigenvalue weighted by atomic mass is 10.2. The third kappa shape index (κ3) is 5.95. The second-order valence-electron chi connectivity index (χ2n) is 5.40. The molecule has 24 heavy (non-hydrogen) atoms. The molecule has 2 aromatic carbocycles. The van der Waals surface area contributed by atoms with Crippen LogP contribution in [0.3, 0.4) is 0 Å². The second kappa shape index (κ2) is 9.84. The summed E-state index contributed by atoms with van der Waals surface area (Å²) in [5.74, 6) is 0.856. The van der Waals surface area contributed by atoms with E-state index in [2.05, 4.69) is 38.8 Å². The van der Waals surface area contributed by atoms with Crippen molar-refractivity contribution in [1.82, 2.24) is 0 Å². The van der Waals surface area contributed by atoms with E-state index in [0.29, 0.717) is 17.9 Å². The van der Waals surface area contributed by atoms with E-state index in [1.165, 1.54) is 19.3 Å². The van der Waals surface area contributed by atoms with Crippen molar-refractivity contribution in [2.45, 2.75) is 32.6 Å². The van der Waals surface area contributed by atoms with Crippen LogP contribution in [0, 0.1) is 0 Å². The lowest BCUT2D eigenvalue weighted by Gasteiger charge is -2.10. The molecule has 0 N–H and O–H groups in total. The van der Waals surface area contributed by atoms with Crippen molar-refractivity contribution in [3.63, 3.8) is 0 Å². The Kier molecular flexibility index (Phi) is 7.79. The molecule has 0 atom stereocenters. The summed E-state index contributed by atoms with van der Waals surface area (Å²) in [6.45, 7) is 2.87. The molecule has 0 saturated heterocycles. The minimum Gasteiger partial charge on any atom is -0.492 e. The average Bonchev–Trinajstić information content (AvgIpc) is 2.58. The predicted molar refractivity (Wildman–Crippen MR) is 103 cm³/mol. The van der Waals surface area contributed by atoms with Crippen molar-refractivity contribution < 1.29 is 14.3 Å². The first-order valence-electron chi connectivity index (χ1n) is 8.00. The highest BCUT2D eigenvalue weighted by Gasteiger charge is 2.11. The molecule has 0 radical (unpaired) electrons. The third-order valence-corrected chi connectivity index (χ3v) is 4.60. The summed E-state index contributed by atoms with van der Waals surface area (Å²) in [7, 11) is 0. The van der Waals surface area contributed by atoms with E-state index in [0.717, 1.165) is 21.1 Å². The van der Waals surface area contributed by atoms with E-state index in [1.54, 1.807) is 30.3 Å². The summed E-state index contributed by atoms with van der Waals surface area (Å²) in [4.78, 5) is 12.2. The molecule has 0 bridgehead atoms. The maximum Gasteiger partial charge on any atom is 0.343 e. The van der Waals surface area contributed by atoms with Crippen molar-refractivity contribution in [1.29, 1.82) is 0 Å². The van der Waals surface area contributed by atoms with Crippen LogP contribution in [0.25, 0.3) is 0 Å². The number of esters is 1. The molecule has 0 spiro atoms. The van der Waals surface area contributed by atoms with Crippen molar-refractivity contribution in [3.8, 4) is 11.5 Å². The molecule has 0 aliphatic carbocycles. The van der Waals surface area contributed by atoms with Gasteiger partial charge >= 0.3 is 5.97 Å². The van der Waals surface area contributed by atoms with Crippen LogP contribution in [0.5, 0.6) is 11.5 Å². The molecular formula is C19H20Br2O3. The second-order valence-corrected chi connectivity index (χ2v) is 7.17. The summed E-state index contributed by atoms with van der Waals surface area (Å²) in [6.07, 6.45) is 4.64. The Labute approximate surface area is 159 Å². The summed E-state index contributed by atoms with van der Waals surface area (Å²) in [5, 5.41) is 0. The summed E-state index contributed by atoms with van der Waals surface area (Å²) in [6, 6.07) is 12.4. The van der Waals surface area contributed by atoms with E-state index in [4.69, 9.17) is 9.47 Å². The van der Waals surface area contributed by atoms with Crippen LogP contribution >= 0.6 is 31.9 Å². The fourth-order valence-electron chi connectivity index (χ4n) is 2.12. The van der Waals surface area contributed by atoms with Crippen molar-refractivity contribution >= 4 is 37.8 Å².